The molecule has 0 fully saturated rings. The molecule has 0 saturated carbocycles. The first-order chi connectivity index (χ1) is 10.0. The molecule has 0 radical (unpaired) electrons. The number of imidazole rings is 1. The molecule has 110 valence electrons. The number of aromatic nitrogens is 3. The Bertz CT molecular complexity index is 753. The third-order valence-electron chi connectivity index (χ3n) is 3.12. The van der Waals surface area contributed by atoms with Gasteiger partial charge in [-0.05, 0) is 50.2 Å². The first-order valence-corrected chi connectivity index (χ1v) is 8.55. The van der Waals surface area contributed by atoms with E-state index in [4.69, 9.17) is 10.7 Å². The molecule has 0 aliphatic heterocycles. The number of aryl methyl sites for hydroxylation is 2. The third-order valence-corrected chi connectivity index (χ3v) is 4.81. The van der Waals surface area contributed by atoms with Gasteiger partial charge in [0.25, 0.3) is 0 Å². The van der Waals surface area contributed by atoms with Gasteiger partial charge in [-0.15, -0.1) is 11.3 Å². The first kappa shape index (κ1) is 14.6. The molecular formula is C15H18N4S2. The van der Waals surface area contributed by atoms with Crippen LogP contribution >= 0.6 is 23.1 Å². The Hall–Kier alpha value is -1.37. The highest BCUT2D eigenvalue weighted by Crippen LogP contribution is 2.32. The summed E-state index contributed by atoms with van der Waals surface area (Å²) in [4.78, 5) is 10.3. The molecule has 3 rings (SSSR count). The van der Waals surface area contributed by atoms with E-state index < -0.39 is 0 Å². The second kappa shape index (κ2) is 5.79. The van der Waals surface area contributed by atoms with E-state index in [-0.39, 0.29) is 6.04 Å². The fraction of sp³-hybridized carbons (Fsp3) is 0.333. The van der Waals surface area contributed by atoms with Crippen LogP contribution in [-0.2, 0) is 6.42 Å². The summed E-state index contributed by atoms with van der Waals surface area (Å²) in [6.45, 7) is 6.13. The van der Waals surface area contributed by atoms with Crippen molar-refractivity contribution in [3.05, 3.63) is 40.7 Å². The van der Waals surface area contributed by atoms with Gasteiger partial charge in [-0.3, -0.25) is 4.40 Å². The van der Waals surface area contributed by atoms with Crippen molar-refractivity contribution >= 4 is 28.1 Å². The van der Waals surface area contributed by atoms with E-state index in [9.17, 15) is 0 Å². The number of nitrogens with two attached hydrogens (primary N) is 1. The maximum atomic E-state index is 5.99. The van der Waals surface area contributed by atoms with Gasteiger partial charge in [-0.2, -0.15) is 0 Å². The van der Waals surface area contributed by atoms with Crippen LogP contribution in [0.25, 0.3) is 4.96 Å². The summed E-state index contributed by atoms with van der Waals surface area (Å²) < 4.78 is 2.14. The van der Waals surface area contributed by atoms with Crippen molar-refractivity contribution in [2.75, 3.05) is 0 Å². The van der Waals surface area contributed by atoms with E-state index in [1.165, 1.54) is 11.3 Å². The second-order valence-corrected chi connectivity index (χ2v) is 7.21. The summed E-state index contributed by atoms with van der Waals surface area (Å²) in [5.74, 6) is 0. The van der Waals surface area contributed by atoms with Crippen LogP contribution in [0.1, 0.15) is 23.9 Å². The smallest absolute Gasteiger partial charge is 0.194 e. The van der Waals surface area contributed by atoms with Crippen LogP contribution in [0.2, 0.25) is 0 Å². The van der Waals surface area contributed by atoms with Gasteiger partial charge in [0.15, 0.2) is 4.96 Å². The Morgan fingerprint density at radius 1 is 1.33 bits per heavy atom. The molecule has 0 aliphatic rings. The van der Waals surface area contributed by atoms with E-state index >= 15 is 0 Å². The maximum Gasteiger partial charge on any atom is 0.194 e. The van der Waals surface area contributed by atoms with Gasteiger partial charge in [-0.1, -0.05) is 0 Å². The summed E-state index contributed by atoms with van der Waals surface area (Å²) >= 11 is 3.27. The fourth-order valence-electron chi connectivity index (χ4n) is 2.34. The number of nitrogens with zero attached hydrogens (tertiary/aromatic N) is 3. The number of fused-ring (bicyclic) bond motifs is 1. The quantitative estimate of drug-likeness (QED) is 0.800. The lowest BCUT2D eigenvalue weighted by Crippen LogP contribution is -2.19. The predicted octanol–water partition coefficient (Wildman–Crippen LogP) is 3.45. The van der Waals surface area contributed by atoms with Crippen LogP contribution in [0.4, 0.5) is 0 Å². The average Bonchev–Trinajstić information content (AvgIpc) is 2.91. The van der Waals surface area contributed by atoms with E-state index in [1.54, 1.807) is 23.1 Å². The van der Waals surface area contributed by atoms with Gasteiger partial charge in [0.1, 0.15) is 10.1 Å². The van der Waals surface area contributed by atoms with Gasteiger partial charge in [-0.25, -0.2) is 9.97 Å². The van der Waals surface area contributed by atoms with Gasteiger partial charge in [0.05, 0.1) is 5.69 Å². The number of rotatable bonds is 4. The number of pyridine rings is 1. The molecule has 0 aliphatic carbocycles. The number of hydrogen-bond donors (Lipinski definition) is 1. The van der Waals surface area contributed by atoms with Crippen molar-refractivity contribution < 1.29 is 0 Å². The summed E-state index contributed by atoms with van der Waals surface area (Å²) in [6, 6.07) is 4.29. The van der Waals surface area contributed by atoms with Crippen LogP contribution in [0.5, 0.6) is 0 Å². The highest BCUT2D eigenvalue weighted by atomic mass is 32.2. The molecule has 21 heavy (non-hydrogen) atoms. The first-order valence-electron chi connectivity index (χ1n) is 6.86. The van der Waals surface area contributed by atoms with E-state index in [0.29, 0.717) is 0 Å². The van der Waals surface area contributed by atoms with E-state index in [0.717, 1.165) is 27.1 Å². The lowest BCUT2D eigenvalue weighted by Gasteiger charge is -2.07. The van der Waals surface area contributed by atoms with E-state index in [2.05, 4.69) is 40.0 Å². The lowest BCUT2D eigenvalue weighted by molar-refractivity contribution is 0.706. The monoisotopic (exact) mass is 318 g/mol. The number of thiazole rings is 1. The third kappa shape index (κ3) is 3.12. The molecule has 0 bridgehead atoms. The number of hydrogen-bond acceptors (Lipinski definition) is 5. The molecule has 4 nitrogen and oxygen atoms in total. The molecule has 3 heterocycles. The lowest BCUT2D eigenvalue weighted by atomic mass is 10.2. The SMILES string of the molecule is Cc1cc(C)nc(Sc2nc3sccn3c2CC(C)N)c1. The van der Waals surface area contributed by atoms with Gasteiger partial charge < -0.3 is 5.73 Å². The zero-order valence-corrected chi connectivity index (χ0v) is 14.0. The maximum absolute atomic E-state index is 5.99. The van der Waals surface area contributed by atoms with Gasteiger partial charge in [0, 0.05) is 29.7 Å². The van der Waals surface area contributed by atoms with Gasteiger partial charge >= 0.3 is 0 Å². The Morgan fingerprint density at radius 2 is 2.14 bits per heavy atom. The van der Waals surface area contributed by atoms with Crippen molar-refractivity contribution in [3.63, 3.8) is 0 Å². The fourth-order valence-corrected chi connectivity index (χ4v) is 4.20. The zero-order valence-electron chi connectivity index (χ0n) is 12.3. The largest absolute Gasteiger partial charge is 0.328 e. The molecule has 1 unspecified atom stereocenters. The Labute approximate surface area is 132 Å². The molecular weight excluding hydrogens is 300 g/mol. The topological polar surface area (TPSA) is 56.2 Å². The van der Waals surface area contributed by atoms with Crippen molar-refractivity contribution in [2.45, 2.75) is 43.3 Å². The summed E-state index contributed by atoms with van der Waals surface area (Å²) in [7, 11) is 0. The van der Waals surface area contributed by atoms with Crippen molar-refractivity contribution in [1.82, 2.24) is 14.4 Å². The van der Waals surface area contributed by atoms with E-state index in [1.807, 2.05) is 13.8 Å². The molecule has 0 aromatic carbocycles. The van der Waals surface area contributed by atoms with Crippen molar-refractivity contribution in [1.29, 1.82) is 0 Å². The average molecular weight is 318 g/mol. The molecule has 3 aromatic rings. The van der Waals surface area contributed by atoms with Crippen molar-refractivity contribution in [2.24, 2.45) is 5.73 Å². The highest BCUT2D eigenvalue weighted by molar-refractivity contribution is 7.99. The molecule has 0 amide bonds. The summed E-state index contributed by atoms with van der Waals surface area (Å²) in [5.41, 5.74) is 9.42. The van der Waals surface area contributed by atoms with Crippen molar-refractivity contribution in [3.8, 4) is 0 Å². The van der Waals surface area contributed by atoms with Crippen LogP contribution in [0.15, 0.2) is 33.8 Å². The highest BCUT2D eigenvalue weighted by Gasteiger charge is 2.16. The molecule has 3 aromatic heterocycles. The molecule has 0 spiro atoms. The van der Waals surface area contributed by atoms with Crippen LogP contribution in [0.3, 0.4) is 0 Å². The Balaban J connectivity index is 2.00. The summed E-state index contributed by atoms with van der Waals surface area (Å²) in [6.07, 6.45) is 2.87. The minimum absolute atomic E-state index is 0.108. The van der Waals surface area contributed by atoms with Gasteiger partial charge in [0.2, 0.25) is 0 Å². The Morgan fingerprint density at radius 3 is 2.86 bits per heavy atom. The molecule has 2 N–H and O–H groups in total. The Kier molecular flexibility index (Phi) is 4.01. The van der Waals surface area contributed by atoms with Crippen LogP contribution < -0.4 is 5.73 Å². The minimum atomic E-state index is 0.108. The molecule has 1 atom stereocenters. The second-order valence-electron chi connectivity index (χ2n) is 5.33. The standard InChI is InChI=1S/C15H18N4S2/c1-9-6-11(3)17-13(7-9)21-14-12(8-10(2)16)19-4-5-20-15(19)18-14/h4-7,10H,8,16H2,1-3H3. The zero-order chi connectivity index (χ0) is 15.0. The molecule has 6 heteroatoms. The van der Waals surface area contributed by atoms with Crippen LogP contribution in [0, 0.1) is 13.8 Å². The molecule has 0 saturated heterocycles. The normalized spacial score (nSPS) is 13.0. The predicted molar refractivity (Wildman–Crippen MR) is 88.3 cm³/mol. The summed E-state index contributed by atoms with van der Waals surface area (Å²) in [5, 5.41) is 4.05. The minimum Gasteiger partial charge on any atom is -0.328 e. The van der Waals surface area contributed by atoms with Crippen LogP contribution in [-0.4, -0.2) is 20.4 Å².